The van der Waals surface area contributed by atoms with Crippen molar-refractivity contribution >= 4 is 11.5 Å². The monoisotopic (exact) mass is 219 g/mol. The first-order valence-corrected chi connectivity index (χ1v) is 5.50. The minimum atomic E-state index is 0.254. The van der Waals surface area contributed by atoms with Gasteiger partial charge in [-0.15, -0.1) is 0 Å². The highest BCUT2D eigenvalue weighted by atomic mass is 16.4. The Morgan fingerprint density at radius 2 is 2.31 bits per heavy atom. The first kappa shape index (κ1) is 10.8. The SMILES string of the molecule is CC1Cc2ccccc2N(CC(N)=NO)C1. The van der Waals surface area contributed by atoms with Crippen LogP contribution in [0.3, 0.4) is 0 Å². The van der Waals surface area contributed by atoms with Crippen LogP contribution in [0.1, 0.15) is 12.5 Å². The minimum absolute atomic E-state index is 0.254. The molecule has 0 fully saturated rings. The zero-order valence-electron chi connectivity index (χ0n) is 9.43. The molecule has 0 radical (unpaired) electrons. The molecule has 4 nitrogen and oxygen atoms in total. The zero-order chi connectivity index (χ0) is 11.5. The Bertz CT molecular complexity index is 403. The van der Waals surface area contributed by atoms with Crippen LogP contribution >= 0.6 is 0 Å². The molecule has 1 heterocycles. The van der Waals surface area contributed by atoms with Crippen LogP contribution in [0.5, 0.6) is 0 Å². The van der Waals surface area contributed by atoms with E-state index in [0.717, 1.165) is 13.0 Å². The van der Waals surface area contributed by atoms with Gasteiger partial charge in [0.05, 0.1) is 6.54 Å². The number of rotatable bonds is 2. The number of nitrogens with zero attached hydrogens (tertiary/aromatic N) is 2. The maximum atomic E-state index is 8.62. The van der Waals surface area contributed by atoms with Crippen LogP contribution in [0.4, 0.5) is 5.69 Å². The molecule has 0 amide bonds. The molecule has 0 aliphatic carbocycles. The van der Waals surface area contributed by atoms with Crippen LogP contribution in [0.25, 0.3) is 0 Å². The number of nitrogens with two attached hydrogens (primary N) is 1. The first-order valence-electron chi connectivity index (χ1n) is 5.50. The third-order valence-corrected chi connectivity index (χ3v) is 2.91. The van der Waals surface area contributed by atoms with Gasteiger partial charge in [-0.3, -0.25) is 0 Å². The fraction of sp³-hybridized carbons (Fsp3) is 0.417. The van der Waals surface area contributed by atoms with E-state index < -0.39 is 0 Å². The highest BCUT2D eigenvalue weighted by Crippen LogP contribution is 2.28. The van der Waals surface area contributed by atoms with Crippen LogP contribution in [0.15, 0.2) is 29.4 Å². The molecule has 1 aliphatic heterocycles. The second-order valence-corrected chi connectivity index (χ2v) is 4.41. The van der Waals surface area contributed by atoms with Crippen LogP contribution in [0, 0.1) is 5.92 Å². The lowest BCUT2D eigenvalue weighted by Gasteiger charge is -2.34. The van der Waals surface area contributed by atoms with Crippen molar-refractivity contribution in [3.8, 4) is 0 Å². The number of benzene rings is 1. The summed E-state index contributed by atoms with van der Waals surface area (Å²) < 4.78 is 0. The highest BCUT2D eigenvalue weighted by molar-refractivity contribution is 5.85. The van der Waals surface area contributed by atoms with Crippen molar-refractivity contribution in [2.24, 2.45) is 16.8 Å². The third-order valence-electron chi connectivity index (χ3n) is 2.91. The molecule has 0 spiro atoms. The van der Waals surface area contributed by atoms with Crippen LogP contribution in [-0.2, 0) is 6.42 Å². The van der Waals surface area contributed by atoms with Crippen molar-refractivity contribution in [1.29, 1.82) is 0 Å². The summed E-state index contributed by atoms with van der Waals surface area (Å²) >= 11 is 0. The molecule has 1 aromatic carbocycles. The Morgan fingerprint density at radius 3 is 3.06 bits per heavy atom. The molecule has 1 aliphatic rings. The van der Waals surface area contributed by atoms with E-state index in [9.17, 15) is 0 Å². The van der Waals surface area contributed by atoms with Crippen LogP contribution < -0.4 is 10.6 Å². The summed E-state index contributed by atoms with van der Waals surface area (Å²) in [6, 6.07) is 8.31. The fourth-order valence-electron chi connectivity index (χ4n) is 2.28. The van der Waals surface area contributed by atoms with E-state index in [4.69, 9.17) is 10.9 Å². The summed E-state index contributed by atoms with van der Waals surface area (Å²) in [4.78, 5) is 2.17. The van der Waals surface area contributed by atoms with Crippen molar-refractivity contribution in [2.45, 2.75) is 13.3 Å². The van der Waals surface area contributed by atoms with E-state index in [0.29, 0.717) is 12.5 Å². The first-order chi connectivity index (χ1) is 7.70. The topological polar surface area (TPSA) is 61.8 Å². The number of fused-ring (bicyclic) bond motifs is 1. The van der Waals surface area contributed by atoms with Gasteiger partial charge >= 0.3 is 0 Å². The summed E-state index contributed by atoms with van der Waals surface area (Å²) in [6.45, 7) is 3.65. The van der Waals surface area contributed by atoms with E-state index >= 15 is 0 Å². The van der Waals surface area contributed by atoms with Gasteiger partial charge in [0.1, 0.15) is 0 Å². The number of anilines is 1. The van der Waals surface area contributed by atoms with Gasteiger partial charge in [-0.1, -0.05) is 30.3 Å². The van der Waals surface area contributed by atoms with Crippen molar-refractivity contribution in [3.63, 3.8) is 0 Å². The number of hydrogen-bond acceptors (Lipinski definition) is 3. The summed E-state index contributed by atoms with van der Waals surface area (Å²) in [5.74, 6) is 0.852. The number of hydrogen-bond donors (Lipinski definition) is 2. The molecule has 4 heteroatoms. The van der Waals surface area contributed by atoms with Crippen molar-refractivity contribution < 1.29 is 5.21 Å². The van der Waals surface area contributed by atoms with Gasteiger partial charge in [0.25, 0.3) is 0 Å². The van der Waals surface area contributed by atoms with Gasteiger partial charge in [0, 0.05) is 12.2 Å². The molecule has 0 saturated carbocycles. The lowest BCUT2D eigenvalue weighted by molar-refractivity contribution is 0.317. The number of oxime groups is 1. The van der Waals surface area contributed by atoms with Crippen LogP contribution in [-0.4, -0.2) is 24.1 Å². The summed E-state index contributed by atoms with van der Waals surface area (Å²) in [5, 5.41) is 11.6. The van der Waals surface area contributed by atoms with E-state index in [2.05, 4.69) is 35.2 Å². The van der Waals surface area contributed by atoms with Crippen molar-refractivity contribution in [3.05, 3.63) is 29.8 Å². The van der Waals surface area contributed by atoms with E-state index in [-0.39, 0.29) is 5.84 Å². The van der Waals surface area contributed by atoms with Gasteiger partial charge in [-0.2, -0.15) is 0 Å². The third kappa shape index (κ3) is 2.10. The fourth-order valence-corrected chi connectivity index (χ4v) is 2.28. The second-order valence-electron chi connectivity index (χ2n) is 4.41. The van der Waals surface area contributed by atoms with Gasteiger partial charge in [-0.25, -0.2) is 0 Å². The Balaban J connectivity index is 2.26. The second kappa shape index (κ2) is 4.43. The molecule has 1 atom stereocenters. The Kier molecular flexibility index (Phi) is 2.99. The number of para-hydroxylation sites is 1. The molecule has 0 saturated heterocycles. The zero-order valence-corrected chi connectivity index (χ0v) is 9.43. The lowest BCUT2D eigenvalue weighted by Crippen LogP contribution is -2.40. The van der Waals surface area contributed by atoms with E-state index in [1.165, 1.54) is 11.3 Å². The predicted octanol–water partition coefficient (Wildman–Crippen LogP) is 1.43. The molecular formula is C12H17N3O. The molecule has 86 valence electrons. The molecule has 0 aromatic heterocycles. The van der Waals surface area contributed by atoms with Crippen molar-refractivity contribution in [2.75, 3.05) is 18.0 Å². The minimum Gasteiger partial charge on any atom is -0.409 e. The number of amidine groups is 1. The molecule has 1 aromatic rings. The van der Waals surface area contributed by atoms with E-state index in [1.807, 2.05) is 6.07 Å². The Morgan fingerprint density at radius 1 is 1.56 bits per heavy atom. The quantitative estimate of drug-likeness (QED) is 0.342. The summed E-state index contributed by atoms with van der Waals surface area (Å²) in [5.41, 5.74) is 8.11. The summed E-state index contributed by atoms with van der Waals surface area (Å²) in [6.07, 6.45) is 1.10. The average Bonchev–Trinajstić information content (AvgIpc) is 2.28. The Hall–Kier alpha value is -1.71. The Labute approximate surface area is 95.4 Å². The summed E-state index contributed by atoms with van der Waals surface area (Å²) in [7, 11) is 0. The smallest absolute Gasteiger partial charge is 0.158 e. The lowest BCUT2D eigenvalue weighted by atomic mass is 9.94. The predicted molar refractivity (Wildman–Crippen MR) is 64.9 cm³/mol. The molecule has 16 heavy (non-hydrogen) atoms. The largest absolute Gasteiger partial charge is 0.409 e. The average molecular weight is 219 g/mol. The molecule has 2 rings (SSSR count). The normalized spacial score (nSPS) is 20.7. The molecular weight excluding hydrogens is 202 g/mol. The standard InChI is InChI=1S/C12H17N3O/c1-9-6-10-4-2-3-5-11(10)15(7-9)8-12(13)14-16/h2-5,9,16H,6-8H2,1H3,(H2,13,14). The van der Waals surface area contributed by atoms with Gasteiger partial charge < -0.3 is 15.8 Å². The molecule has 3 N–H and O–H groups in total. The van der Waals surface area contributed by atoms with Gasteiger partial charge in [0.15, 0.2) is 5.84 Å². The highest BCUT2D eigenvalue weighted by Gasteiger charge is 2.21. The molecule has 0 bridgehead atoms. The van der Waals surface area contributed by atoms with Gasteiger partial charge in [0.2, 0.25) is 0 Å². The van der Waals surface area contributed by atoms with Gasteiger partial charge in [-0.05, 0) is 24.0 Å². The molecule has 1 unspecified atom stereocenters. The van der Waals surface area contributed by atoms with Crippen molar-refractivity contribution in [1.82, 2.24) is 0 Å². The maximum Gasteiger partial charge on any atom is 0.158 e. The maximum absolute atomic E-state index is 8.62. The van der Waals surface area contributed by atoms with E-state index in [1.54, 1.807) is 0 Å². The van der Waals surface area contributed by atoms with Crippen LogP contribution in [0.2, 0.25) is 0 Å².